The van der Waals surface area contributed by atoms with Gasteiger partial charge in [0.25, 0.3) is 0 Å². The number of sulfonamides is 1. The Kier molecular flexibility index (Phi) is 5.99. The fraction of sp³-hybridized carbons (Fsp3) is 0.273. The molecule has 7 heteroatoms. The molecule has 6 nitrogen and oxygen atoms in total. The monoisotopic (exact) mass is 408 g/mol. The van der Waals surface area contributed by atoms with E-state index < -0.39 is 10.0 Å². The Morgan fingerprint density at radius 3 is 2.55 bits per heavy atom. The number of hydrogen-bond donors (Lipinski definition) is 2. The van der Waals surface area contributed by atoms with Crippen LogP contribution in [-0.2, 0) is 29.5 Å². The highest BCUT2D eigenvalue weighted by Crippen LogP contribution is 2.27. The second kappa shape index (κ2) is 8.82. The lowest BCUT2D eigenvalue weighted by atomic mass is 9.92. The van der Waals surface area contributed by atoms with E-state index in [-0.39, 0.29) is 17.5 Å². The Morgan fingerprint density at radius 1 is 0.931 bits per heavy atom. The Labute approximate surface area is 171 Å². The van der Waals surface area contributed by atoms with Crippen LogP contribution in [0.5, 0.6) is 0 Å². The number of nitrogens with one attached hydrogen (secondary N) is 2. The van der Waals surface area contributed by atoms with Crippen molar-refractivity contribution >= 4 is 10.0 Å². The van der Waals surface area contributed by atoms with E-state index >= 15 is 0 Å². The Balaban J connectivity index is 1.37. The molecule has 0 amide bonds. The van der Waals surface area contributed by atoms with Crippen molar-refractivity contribution in [3.63, 3.8) is 0 Å². The molecular formula is C22H24N4O2S. The van der Waals surface area contributed by atoms with Gasteiger partial charge in [-0.05, 0) is 60.7 Å². The number of hydrogen-bond acceptors (Lipinski definition) is 5. The largest absolute Gasteiger partial charge is 0.305 e. The van der Waals surface area contributed by atoms with Gasteiger partial charge in [-0.1, -0.05) is 24.3 Å². The Morgan fingerprint density at radius 2 is 1.76 bits per heavy atom. The molecule has 150 valence electrons. The third-order valence-corrected chi connectivity index (χ3v) is 6.57. The fourth-order valence-corrected chi connectivity index (χ4v) is 4.59. The van der Waals surface area contributed by atoms with Crippen molar-refractivity contribution in [3.05, 3.63) is 89.5 Å². The maximum absolute atomic E-state index is 12.5. The van der Waals surface area contributed by atoms with Gasteiger partial charge in [-0.25, -0.2) is 13.1 Å². The van der Waals surface area contributed by atoms with E-state index in [2.05, 4.69) is 26.1 Å². The lowest BCUT2D eigenvalue weighted by Crippen LogP contribution is -2.26. The van der Waals surface area contributed by atoms with Crippen molar-refractivity contribution in [3.8, 4) is 0 Å². The smallest absolute Gasteiger partial charge is 0.240 e. The van der Waals surface area contributed by atoms with Gasteiger partial charge in [0.05, 0.1) is 28.9 Å². The standard InChI is InChI=1S/C22H24N4O2S/c27-29(28,26-16-19-7-1-2-13-23-19)20-11-9-17(10-12-20)15-25-21-8-3-5-18-6-4-14-24-22(18)21/h1-2,4,6-7,9-14,21,25-26H,3,5,8,15-16H2. The summed E-state index contributed by atoms with van der Waals surface area (Å²) < 4.78 is 27.6. The summed E-state index contributed by atoms with van der Waals surface area (Å²) in [4.78, 5) is 8.94. The van der Waals surface area contributed by atoms with Crippen molar-refractivity contribution in [2.45, 2.75) is 43.3 Å². The molecule has 1 aliphatic carbocycles. The van der Waals surface area contributed by atoms with Crippen LogP contribution in [0.1, 0.15) is 41.4 Å². The SMILES string of the molecule is O=S(=O)(NCc1ccccn1)c1ccc(CNC2CCCc3cccnc32)cc1. The molecule has 0 aliphatic heterocycles. The molecule has 0 spiro atoms. The van der Waals surface area contributed by atoms with Gasteiger partial charge in [-0.2, -0.15) is 0 Å². The molecule has 3 aromatic rings. The van der Waals surface area contributed by atoms with Crippen molar-refractivity contribution in [1.29, 1.82) is 0 Å². The predicted octanol–water partition coefficient (Wildman–Crippen LogP) is 3.12. The molecule has 1 unspecified atom stereocenters. The molecule has 0 radical (unpaired) electrons. The van der Waals surface area contributed by atoms with E-state index in [0.717, 1.165) is 30.5 Å². The summed E-state index contributed by atoms with van der Waals surface area (Å²) in [6.07, 6.45) is 6.78. The van der Waals surface area contributed by atoms with E-state index in [9.17, 15) is 8.42 Å². The van der Waals surface area contributed by atoms with E-state index in [1.807, 2.05) is 30.5 Å². The first-order valence-electron chi connectivity index (χ1n) is 9.77. The van der Waals surface area contributed by atoms with E-state index in [1.54, 1.807) is 30.5 Å². The zero-order valence-electron chi connectivity index (χ0n) is 16.1. The van der Waals surface area contributed by atoms with Gasteiger partial charge in [0.15, 0.2) is 0 Å². The molecule has 1 aliphatic rings. The molecule has 2 heterocycles. The molecular weight excluding hydrogens is 384 g/mol. The highest BCUT2D eigenvalue weighted by molar-refractivity contribution is 7.89. The van der Waals surface area contributed by atoms with Crippen LogP contribution < -0.4 is 10.0 Å². The lowest BCUT2D eigenvalue weighted by molar-refractivity contribution is 0.447. The first-order valence-corrected chi connectivity index (χ1v) is 11.3. The van der Waals surface area contributed by atoms with Crippen LogP contribution in [-0.4, -0.2) is 18.4 Å². The second-order valence-electron chi connectivity index (χ2n) is 7.16. The molecule has 1 aromatic carbocycles. The Hall–Kier alpha value is -2.61. The third-order valence-electron chi connectivity index (χ3n) is 5.15. The maximum Gasteiger partial charge on any atom is 0.240 e. The first kappa shape index (κ1) is 19.7. The number of rotatable bonds is 7. The number of pyridine rings is 2. The molecule has 4 rings (SSSR count). The summed E-state index contributed by atoms with van der Waals surface area (Å²) in [5.41, 5.74) is 4.17. The molecule has 0 saturated heterocycles. The van der Waals surface area contributed by atoms with Crippen LogP contribution in [0.25, 0.3) is 0 Å². The minimum atomic E-state index is -3.57. The maximum atomic E-state index is 12.5. The number of fused-ring (bicyclic) bond motifs is 1. The summed E-state index contributed by atoms with van der Waals surface area (Å²) in [7, 11) is -3.57. The van der Waals surface area contributed by atoms with Gasteiger partial charge in [-0.3, -0.25) is 9.97 Å². The van der Waals surface area contributed by atoms with Gasteiger partial charge in [-0.15, -0.1) is 0 Å². The predicted molar refractivity (Wildman–Crippen MR) is 111 cm³/mol. The van der Waals surface area contributed by atoms with Gasteiger partial charge in [0.1, 0.15) is 0 Å². The first-order chi connectivity index (χ1) is 14.1. The van der Waals surface area contributed by atoms with E-state index in [0.29, 0.717) is 12.2 Å². The second-order valence-corrected chi connectivity index (χ2v) is 8.93. The minimum Gasteiger partial charge on any atom is -0.305 e. The van der Waals surface area contributed by atoms with E-state index in [4.69, 9.17) is 0 Å². The minimum absolute atomic E-state index is 0.167. The highest BCUT2D eigenvalue weighted by atomic mass is 32.2. The van der Waals surface area contributed by atoms with Crippen LogP contribution in [0.4, 0.5) is 0 Å². The van der Waals surface area contributed by atoms with Crippen LogP contribution >= 0.6 is 0 Å². The van der Waals surface area contributed by atoms with Crippen molar-refractivity contribution in [2.24, 2.45) is 0 Å². The quantitative estimate of drug-likeness (QED) is 0.628. The average Bonchev–Trinajstić information content (AvgIpc) is 2.77. The van der Waals surface area contributed by atoms with Gasteiger partial charge >= 0.3 is 0 Å². The van der Waals surface area contributed by atoms with Crippen molar-refractivity contribution < 1.29 is 8.42 Å². The third kappa shape index (κ3) is 4.87. The normalized spacial score (nSPS) is 16.3. The summed E-state index contributed by atoms with van der Waals surface area (Å²) >= 11 is 0. The fourth-order valence-electron chi connectivity index (χ4n) is 3.59. The Bertz CT molecular complexity index is 1050. The zero-order chi connectivity index (χ0) is 20.1. The zero-order valence-corrected chi connectivity index (χ0v) is 16.9. The lowest BCUT2D eigenvalue weighted by Gasteiger charge is -2.25. The van der Waals surface area contributed by atoms with Crippen LogP contribution in [0.15, 0.2) is 71.9 Å². The summed E-state index contributed by atoms with van der Waals surface area (Å²) in [5.74, 6) is 0. The topological polar surface area (TPSA) is 84.0 Å². The van der Waals surface area contributed by atoms with Crippen molar-refractivity contribution in [1.82, 2.24) is 20.0 Å². The van der Waals surface area contributed by atoms with Crippen LogP contribution in [0, 0.1) is 0 Å². The number of benzene rings is 1. The molecule has 2 N–H and O–H groups in total. The van der Waals surface area contributed by atoms with Gasteiger partial charge in [0, 0.05) is 18.9 Å². The molecule has 2 aromatic heterocycles. The highest BCUT2D eigenvalue weighted by Gasteiger charge is 2.20. The average molecular weight is 409 g/mol. The number of aromatic nitrogens is 2. The molecule has 0 fully saturated rings. The molecule has 0 saturated carbocycles. The van der Waals surface area contributed by atoms with Gasteiger partial charge < -0.3 is 5.32 Å². The molecule has 29 heavy (non-hydrogen) atoms. The number of nitrogens with zero attached hydrogens (tertiary/aromatic N) is 2. The van der Waals surface area contributed by atoms with Crippen LogP contribution in [0.2, 0.25) is 0 Å². The molecule has 0 bridgehead atoms. The van der Waals surface area contributed by atoms with Crippen molar-refractivity contribution in [2.75, 3.05) is 0 Å². The van der Waals surface area contributed by atoms with Crippen LogP contribution in [0.3, 0.4) is 0 Å². The van der Waals surface area contributed by atoms with E-state index in [1.165, 1.54) is 5.56 Å². The summed E-state index contributed by atoms with van der Waals surface area (Å²) in [6, 6.07) is 16.8. The summed E-state index contributed by atoms with van der Waals surface area (Å²) in [6.45, 7) is 0.836. The molecule has 1 atom stereocenters. The summed E-state index contributed by atoms with van der Waals surface area (Å²) in [5, 5.41) is 3.56. The number of aryl methyl sites for hydroxylation is 1. The van der Waals surface area contributed by atoms with Gasteiger partial charge in [0.2, 0.25) is 10.0 Å².